The molecule has 0 saturated carbocycles. The van der Waals surface area contributed by atoms with Crippen molar-refractivity contribution in [3.05, 3.63) is 18.2 Å². The highest BCUT2D eigenvalue weighted by Crippen LogP contribution is 2.38. The number of thiocarbonyl (C=S) groups is 1. The molecule has 1 aromatic heterocycles. The van der Waals surface area contributed by atoms with Crippen LogP contribution in [0.15, 0.2) is 28.4 Å². The van der Waals surface area contributed by atoms with Gasteiger partial charge in [0.2, 0.25) is 11.0 Å². The molecule has 0 aliphatic rings. The van der Waals surface area contributed by atoms with Gasteiger partial charge in [0.15, 0.2) is 5.69 Å². The molecule has 0 fully saturated rings. The minimum Gasteiger partial charge on any atom is -0.493 e. The monoisotopic (exact) mass is 360 g/mol. The first kappa shape index (κ1) is 18.0. The van der Waals surface area contributed by atoms with Crippen LogP contribution >= 0.6 is 12.2 Å². The smallest absolute Gasteiger partial charge is 0.493 e. The zero-order chi connectivity index (χ0) is 17.7. The molecule has 6 nitrogen and oxygen atoms in total. The average Bonchev–Trinajstić information content (AvgIpc) is 2.79. The Morgan fingerprint density at radius 3 is 2.83 bits per heavy atom. The van der Waals surface area contributed by atoms with Crippen LogP contribution in [0.5, 0.6) is 11.6 Å². The summed E-state index contributed by atoms with van der Waals surface area (Å²) in [7, 11) is 0. The number of unbranched alkanes of at least 4 members (excludes halogenated alkanes) is 1. The summed E-state index contributed by atoms with van der Waals surface area (Å²) in [5.74, 6) is -0.747. The van der Waals surface area contributed by atoms with E-state index in [9.17, 15) is 18.3 Å². The highest BCUT2D eigenvalue weighted by atomic mass is 32.1. The van der Waals surface area contributed by atoms with Gasteiger partial charge >= 0.3 is 6.36 Å². The van der Waals surface area contributed by atoms with Crippen LogP contribution in [-0.2, 0) is 0 Å². The van der Waals surface area contributed by atoms with Gasteiger partial charge in [-0.3, -0.25) is 0 Å². The number of hydrogen-bond acceptors (Lipinski definition) is 4. The van der Waals surface area contributed by atoms with E-state index in [1.807, 2.05) is 6.92 Å². The fraction of sp³-hybridized carbons (Fsp3) is 0.357. The number of ether oxygens (including phenoxy) is 1. The van der Waals surface area contributed by atoms with E-state index < -0.39 is 12.1 Å². The Morgan fingerprint density at radius 1 is 1.42 bits per heavy atom. The maximum absolute atomic E-state index is 12.3. The Bertz CT molecular complexity index is 758. The first-order valence-electron chi connectivity index (χ1n) is 7.10. The molecule has 1 aromatic carbocycles. The second-order valence-electron chi connectivity index (χ2n) is 4.86. The van der Waals surface area contributed by atoms with Gasteiger partial charge < -0.3 is 20.1 Å². The molecule has 2 rings (SSSR count). The molecule has 0 aliphatic carbocycles. The summed E-state index contributed by atoms with van der Waals surface area (Å²) in [6.07, 6.45) is -2.91. The molecule has 0 aliphatic heterocycles. The van der Waals surface area contributed by atoms with E-state index in [0.29, 0.717) is 12.1 Å². The highest BCUT2D eigenvalue weighted by molar-refractivity contribution is 7.80. The zero-order valence-corrected chi connectivity index (χ0v) is 13.5. The van der Waals surface area contributed by atoms with Crippen LogP contribution in [-0.4, -0.2) is 28.1 Å². The van der Waals surface area contributed by atoms with Crippen LogP contribution < -0.4 is 10.1 Å². The number of nitrogens with one attached hydrogen (secondary N) is 2. The third-order valence-electron chi connectivity index (χ3n) is 3.00. The summed E-state index contributed by atoms with van der Waals surface area (Å²) < 4.78 is 40.8. The lowest BCUT2D eigenvalue weighted by molar-refractivity contribution is -0.274. The first-order chi connectivity index (χ1) is 11.3. The number of H-pyrrole nitrogens is 1. The van der Waals surface area contributed by atoms with Gasteiger partial charge in [0.05, 0.1) is 5.52 Å². The molecule has 1 heterocycles. The van der Waals surface area contributed by atoms with Gasteiger partial charge in [-0.25, -0.2) is 0 Å². The Balaban J connectivity index is 2.24. The van der Waals surface area contributed by atoms with Crippen molar-refractivity contribution in [3.63, 3.8) is 0 Å². The van der Waals surface area contributed by atoms with E-state index in [2.05, 4.69) is 25.3 Å². The number of halogens is 3. The lowest BCUT2D eigenvalue weighted by Gasteiger charge is -2.08. The molecule has 24 heavy (non-hydrogen) atoms. The Labute approximate surface area is 140 Å². The molecule has 0 atom stereocenters. The average molecular weight is 360 g/mol. The number of aromatic nitrogens is 1. The van der Waals surface area contributed by atoms with E-state index in [1.165, 1.54) is 6.07 Å². The minimum absolute atomic E-state index is 0.0164. The predicted octanol–water partition coefficient (Wildman–Crippen LogP) is 4.53. The number of benzene rings is 1. The van der Waals surface area contributed by atoms with Gasteiger partial charge in [-0.2, -0.15) is 0 Å². The molecule has 0 spiro atoms. The van der Waals surface area contributed by atoms with Crippen LogP contribution in [0.2, 0.25) is 0 Å². The normalized spacial score (nSPS) is 12.0. The standard InChI is InChI=1S/C14H15F3N4O2S/c1-2-3-6-18-13(24)21-20-11-9-7-8(23-14(15,16)17)4-5-10(9)19-12(11)22/h4-5,7,19,22H,2-3,6H2,1H3,(H,18,24). The molecule has 0 bridgehead atoms. The number of azo groups is 1. The van der Waals surface area contributed by atoms with Crippen molar-refractivity contribution >= 4 is 33.9 Å². The number of aromatic hydroxyl groups is 1. The Kier molecular flexibility index (Phi) is 5.60. The van der Waals surface area contributed by atoms with E-state index in [0.717, 1.165) is 25.0 Å². The number of hydrogen-bond donors (Lipinski definition) is 3. The van der Waals surface area contributed by atoms with Crippen molar-refractivity contribution in [2.24, 2.45) is 10.2 Å². The second-order valence-corrected chi connectivity index (χ2v) is 5.25. The number of alkyl halides is 3. The largest absolute Gasteiger partial charge is 0.573 e. The van der Waals surface area contributed by atoms with Crippen LogP contribution in [0.3, 0.4) is 0 Å². The topological polar surface area (TPSA) is 82.0 Å². The van der Waals surface area contributed by atoms with E-state index >= 15 is 0 Å². The third-order valence-corrected chi connectivity index (χ3v) is 3.23. The summed E-state index contributed by atoms with van der Waals surface area (Å²) in [5.41, 5.74) is 0.373. The molecule has 130 valence electrons. The number of nitrogens with zero attached hydrogens (tertiary/aromatic N) is 2. The fourth-order valence-corrected chi connectivity index (χ4v) is 2.09. The SMILES string of the molecule is CCCCNC(=S)N=Nc1c(O)[nH]c2ccc(OC(F)(F)F)cc12. The van der Waals surface area contributed by atoms with Crippen LogP contribution in [0.4, 0.5) is 18.9 Å². The summed E-state index contributed by atoms with van der Waals surface area (Å²) in [5, 5.41) is 20.6. The van der Waals surface area contributed by atoms with Gasteiger partial charge in [0, 0.05) is 11.9 Å². The lowest BCUT2D eigenvalue weighted by atomic mass is 10.2. The molecule has 0 saturated heterocycles. The quantitative estimate of drug-likeness (QED) is 0.416. The molecule has 0 amide bonds. The molecule has 0 unspecified atom stereocenters. The van der Waals surface area contributed by atoms with Crippen molar-refractivity contribution in [1.82, 2.24) is 10.3 Å². The summed E-state index contributed by atoms with van der Waals surface area (Å²) in [4.78, 5) is 2.59. The van der Waals surface area contributed by atoms with Gasteiger partial charge in [-0.05, 0) is 36.8 Å². The molecule has 3 N–H and O–H groups in total. The Morgan fingerprint density at radius 2 is 2.17 bits per heavy atom. The number of aromatic amines is 1. The van der Waals surface area contributed by atoms with Crippen molar-refractivity contribution in [2.45, 2.75) is 26.1 Å². The molecule has 10 heteroatoms. The maximum Gasteiger partial charge on any atom is 0.573 e. The second kappa shape index (κ2) is 7.47. The Hall–Kier alpha value is -2.36. The van der Waals surface area contributed by atoms with Crippen molar-refractivity contribution in [3.8, 4) is 11.6 Å². The van der Waals surface area contributed by atoms with Crippen molar-refractivity contribution < 1.29 is 23.0 Å². The summed E-state index contributed by atoms with van der Waals surface area (Å²) >= 11 is 4.97. The van der Waals surface area contributed by atoms with Crippen molar-refractivity contribution in [2.75, 3.05) is 6.54 Å². The molecule has 2 aromatic rings. The fourth-order valence-electron chi connectivity index (χ4n) is 1.94. The summed E-state index contributed by atoms with van der Waals surface area (Å²) in [6, 6.07) is 3.58. The molecular weight excluding hydrogens is 345 g/mol. The van der Waals surface area contributed by atoms with Gasteiger partial charge in [0.1, 0.15) is 5.75 Å². The summed E-state index contributed by atoms with van der Waals surface area (Å²) in [6.45, 7) is 2.66. The van der Waals surface area contributed by atoms with Gasteiger partial charge in [-0.1, -0.05) is 13.3 Å². The van der Waals surface area contributed by atoms with Crippen LogP contribution in [0, 0.1) is 0 Å². The highest BCUT2D eigenvalue weighted by Gasteiger charge is 2.31. The number of fused-ring (bicyclic) bond motifs is 1. The zero-order valence-electron chi connectivity index (χ0n) is 12.6. The van der Waals surface area contributed by atoms with E-state index in [-0.39, 0.29) is 22.1 Å². The van der Waals surface area contributed by atoms with Crippen LogP contribution in [0.25, 0.3) is 10.9 Å². The van der Waals surface area contributed by atoms with Gasteiger partial charge in [-0.15, -0.1) is 23.4 Å². The molecular formula is C14H15F3N4O2S. The van der Waals surface area contributed by atoms with Crippen molar-refractivity contribution in [1.29, 1.82) is 0 Å². The van der Waals surface area contributed by atoms with E-state index in [1.54, 1.807) is 0 Å². The number of rotatable bonds is 5. The first-order valence-corrected chi connectivity index (χ1v) is 7.51. The van der Waals surface area contributed by atoms with Crippen LogP contribution in [0.1, 0.15) is 19.8 Å². The third kappa shape index (κ3) is 4.82. The van der Waals surface area contributed by atoms with Gasteiger partial charge in [0.25, 0.3) is 0 Å². The van der Waals surface area contributed by atoms with E-state index in [4.69, 9.17) is 12.2 Å². The predicted molar refractivity (Wildman–Crippen MR) is 86.7 cm³/mol. The minimum atomic E-state index is -4.81. The molecule has 0 radical (unpaired) electrons. The lowest BCUT2D eigenvalue weighted by Crippen LogP contribution is -2.19. The maximum atomic E-state index is 12.3.